The van der Waals surface area contributed by atoms with E-state index in [0.717, 1.165) is 30.2 Å². The zero-order valence-corrected chi connectivity index (χ0v) is 14.5. The van der Waals surface area contributed by atoms with Crippen molar-refractivity contribution < 1.29 is 4.74 Å². The van der Waals surface area contributed by atoms with Gasteiger partial charge in [0.1, 0.15) is 6.61 Å². The number of aromatic nitrogens is 4. The molecule has 7 nitrogen and oxygen atoms in total. The Morgan fingerprint density at radius 1 is 1.33 bits per heavy atom. The number of anilines is 1. The SMILES string of the molecule is COCc1nsc(N2CCCC2Cn2nc(C3CC3)ccc2=O)n1. The average molecular weight is 347 g/mol. The van der Waals surface area contributed by atoms with Crippen LogP contribution in [0.25, 0.3) is 0 Å². The molecule has 2 fully saturated rings. The van der Waals surface area contributed by atoms with Gasteiger partial charge in [-0.2, -0.15) is 9.47 Å². The van der Waals surface area contributed by atoms with E-state index in [-0.39, 0.29) is 11.6 Å². The molecule has 1 atom stereocenters. The van der Waals surface area contributed by atoms with Crippen LogP contribution in [0.5, 0.6) is 0 Å². The number of rotatable bonds is 6. The molecule has 2 aliphatic rings. The molecule has 3 heterocycles. The van der Waals surface area contributed by atoms with E-state index in [1.807, 2.05) is 6.07 Å². The molecular weight excluding hydrogens is 326 g/mol. The van der Waals surface area contributed by atoms with E-state index in [9.17, 15) is 4.79 Å². The molecule has 0 amide bonds. The van der Waals surface area contributed by atoms with E-state index in [4.69, 9.17) is 4.74 Å². The summed E-state index contributed by atoms with van der Waals surface area (Å²) in [6, 6.07) is 3.78. The first-order chi connectivity index (χ1) is 11.7. The predicted molar refractivity (Wildman–Crippen MR) is 91.5 cm³/mol. The Balaban J connectivity index is 1.52. The molecule has 1 aliphatic carbocycles. The van der Waals surface area contributed by atoms with Gasteiger partial charge in [0.15, 0.2) is 5.82 Å². The van der Waals surface area contributed by atoms with Gasteiger partial charge in [-0.05, 0) is 31.7 Å². The molecule has 2 aromatic rings. The highest BCUT2D eigenvalue weighted by molar-refractivity contribution is 7.09. The molecular formula is C16H21N5O2S. The van der Waals surface area contributed by atoms with Crippen LogP contribution in [0.3, 0.4) is 0 Å². The van der Waals surface area contributed by atoms with Crippen molar-refractivity contribution in [3.63, 3.8) is 0 Å². The Labute approximate surface area is 144 Å². The summed E-state index contributed by atoms with van der Waals surface area (Å²) in [5, 5.41) is 5.50. The van der Waals surface area contributed by atoms with Crippen LogP contribution in [0.4, 0.5) is 5.13 Å². The Morgan fingerprint density at radius 3 is 3.00 bits per heavy atom. The quantitative estimate of drug-likeness (QED) is 0.793. The van der Waals surface area contributed by atoms with Gasteiger partial charge in [-0.1, -0.05) is 0 Å². The smallest absolute Gasteiger partial charge is 0.266 e. The minimum atomic E-state index is -0.0245. The summed E-state index contributed by atoms with van der Waals surface area (Å²) in [5.41, 5.74) is 1.03. The Kier molecular flexibility index (Phi) is 4.32. The van der Waals surface area contributed by atoms with Crippen molar-refractivity contribution >= 4 is 16.7 Å². The molecule has 0 aromatic carbocycles. The molecule has 1 saturated carbocycles. The van der Waals surface area contributed by atoms with Gasteiger partial charge in [0.05, 0.1) is 18.3 Å². The van der Waals surface area contributed by atoms with E-state index in [1.54, 1.807) is 17.9 Å². The van der Waals surface area contributed by atoms with Gasteiger partial charge >= 0.3 is 0 Å². The third-order valence-electron chi connectivity index (χ3n) is 4.62. The van der Waals surface area contributed by atoms with Gasteiger partial charge in [-0.25, -0.2) is 9.67 Å². The lowest BCUT2D eigenvalue weighted by Gasteiger charge is -2.23. The lowest BCUT2D eigenvalue weighted by Crippen LogP contribution is -2.37. The van der Waals surface area contributed by atoms with Gasteiger partial charge in [-0.3, -0.25) is 4.79 Å². The number of ether oxygens (including phenoxy) is 1. The maximum absolute atomic E-state index is 12.2. The number of methoxy groups -OCH3 is 1. The molecule has 24 heavy (non-hydrogen) atoms. The lowest BCUT2D eigenvalue weighted by molar-refractivity contribution is 0.179. The molecule has 128 valence electrons. The zero-order valence-electron chi connectivity index (χ0n) is 13.7. The topological polar surface area (TPSA) is 73.1 Å². The monoisotopic (exact) mass is 347 g/mol. The number of hydrogen-bond acceptors (Lipinski definition) is 7. The summed E-state index contributed by atoms with van der Waals surface area (Å²) >= 11 is 1.40. The summed E-state index contributed by atoms with van der Waals surface area (Å²) < 4.78 is 11.1. The van der Waals surface area contributed by atoms with E-state index in [1.165, 1.54) is 24.4 Å². The summed E-state index contributed by atoms with van der Waals surface area (Å²) in [5.74, 6) is 1.27. The summed E-state index contributed by atoms with van der Waals surface area (Å²) in [4.78, 5) is 19.0. The summed E-state index contributed by atoms with van der Waals surface area (Å²) in [6.07, 6.45) is 4.52. The van der Waals surface area contributed by atoms with Crippen LogP contribution in [0, 0.1) is 0 Å². The fraction of sp³-hybridized carbons (Fsp3) is 0.625. The van der Waals surface area contributed by atoms with Crippen molar-refractivity contribution in [2.45, 2.75) is 50.8 Å². The van der Waals surface area contributed by atoms with Crippen molar-refractivity contribution in [1.82, 2.24) is 19.1 Å². The second-order valence-corrected chi connectivity index (χ2v) is 7.20. The van der Waals surface area contributed by atoms with Crippen LogP contribution in [-0.2, 0) is 17.9 Å². The van der Waals surface area contributed by atoms with E-state index < -0.39 is 0 Å². The number of hydrogen-bond donors (Lipinski definition) is 0. The third-order valence-corrected chi connectivity index (χ3v) is 5.41. The first kappa shape index (κ1) is 15.7. The van der Waals surface area contributed by atoms with Crippen molar-refractivity contribution in [2.75, 3.05) is 18.6 Å². The van der Waals surface area contributed by atoms with Crippen LogP contribution < -0.4 is 10.5 Å². The standard InChI is InChI=1S/C16H21N5O2S/c1-23-10-14-17-16(24-19-14)20-8-2-3-12(20)9-21-15(22)7-6-13(18-21)11-4-5-11/h6-7,11-12H,2-5,8-10H2,1H3. The molecule has 1 aliphatic heterocycles. The second kappa shape index (κ2) is 6.60. The Morgan fingerprint density at radius 2 is 2.21 bits per heavy atom. The fourth-order valence-electron chi connectivity index (χ4n) is 3.22. The summed E-state index contributed by atoms with van der Waals surface area (Å²) in [7, 11) is 1.64. The van der Waals surface area contributed by atoms with Crippen LogP contribution in [0.2, 0.25) is 0 Å². The Hall–Kier alpha value is -1.80. The van der Waals surface area contributed by atoms with Gasteiger partial charge in [0, 0.05) is 37.2 Å². The molecule has 8 heteroatoms. The van der Waals surface area contributed by atoms with Gasteiger partial charge in [0.25, 0.3) is 5.56 Å². The molecule has 1 unspecified atom stereocenters. The molecule has 0 radical (unpaired) electrons. The molecule has 0 N–H and O–H groups in total. The maximum atomic E-state index is 12.2. The largest absolute Gasteiger partial charge is 0.377 e. The number of nitrogens with zero attached hydrogens (tertiary/aromatic N) is 5. The van der Waals surface area contributed by atoms with Gasteiger partial charge < -0.3 is 9.64 Å². The van der Waals surface area contributed by atoms with E-state index in [2.05, 4.69) is 19.4 Å². The summed E-state index contributed by atoms with van der Waals surface area (Å²) in [6.45, 7) is 1.99. The predicted octanol–water partition coefficient (Wildman–Crippen LogP) is 1.79. The molecule has 2 aromatic heterocycles. The van der Waals surface area contributed by atoms with E-state index >= 15 is 0 Å². The molecule has 0 spiro atoms. The zero-order chi connectivity index (χ0) is 16.5. The Bertz CT molecular complexity index is 770. The van der Waals surface area contributed by atoms with Crippen LogP contribution in [-0.4, -0.2) is 38.8 Å². The fourth-order valence-corrected chi connectivity index (χ4v) is 3.99. The molecule has 1 saturated heterocycles. The van der Waals surface area contributed by atoms with Crippen LogP contribution >= 0.6 is 11.5 Å². The minimum Gasteiger partial charge on any atom is -0.377 e. The van der Waals surface area contributed by atoms with Crippen molar-refractivity contribution in [3.05, 3.63) is 34.0 Å². The highest BCUT2D eigenvalue weighted by atomic mass is 32.1. The maximum Gasteiger partial charge on any atom is 0.266 e. The molecule has 4 rings (SSSR count). The normalized spacial score (nSPS) is 20.7. The van der Waals surface area contributed by atoms with Crippen molar-refractivity contribution in [3.8, 4) is 0 Å². The highest BCUT2D eigenvalue weighted by Crippen LogP contribution is 2.38. The van der Waals surface area contributed by atoms with Crippen LogP contribution in [0.1, 0.15) is 43.1 Å². The van der Waals surface area contributed by atoms with Crippen molar-refractivity contribution in [1.29, 1.82) is 0 Å². The first-order valence-electron chi connectivity index (χ1n) is 8.41. The average Bonchev–Trinajstić information content (AvgIpc) is 3.15. The minimum absolute atomic E-state index is 0.0245. The lowest BCUT2D eigenvalue weighted by atomic mass is 10.2. The molecule has 0 bridgehead atoms. The van der Waals surface area contributed by atoms with Gasteiger partial charge in [0.2, 0.25) is 5.13 Å². The van der Waals surface area contributed by atoms with Crippen molar-refractivity contribution in [2.24, 2.45) is 0 Å². The first-order valence-corrected chi connectivity index (χ1v) is 9.18. The van der Waals surface area contributed by atoms with Gasteiger partial charge in [-0.15, -0.1) is 0 Å². The third kappa shape index (κ3) is 3.21. The van der Waals surface area contributed by atoms with Crippen LogP contribution in [0.15, 0.2) is 16.9 Å². The highest BCUT2D eigenvalue weighted by Gasteiger charge is 2.29. The van der Waals surface area contributed by atoms with E-state index in [0.29, 0.717) is 24.9 Å². The second-order valence-electron chi connectivity index (χ2n) is 6.47.